The fourth-order valence-electron chi connectivity index (χ4n) is 4.64. The van der Waals surface area contributed by atoms with E-state index >= 15 is 0 Å². The molecule has 2 heterocycles. The van der Waals surface area contributed by atoms with E-state index in [9.17, 15) is 4.79 Å². The van der Waals surface area contributed by atoms with Gasteiger partial charge in [0.15, 0.2) is 0 Å². The lowest BCUT2D eigenvalue weighted by molar-refractivity contribution is -0.128. The van der Waals surface area contributed by atoms with Gasteiger partial charge in [0.25, 0.3) is 0 Å². The van der Waals surface area contributed by atoms with E-state index in [1.165, 1.54) is 0 Å². The van der Waals surface area contributed by atoms with E-state index in [1.54, 1.807) is 12.4 Å². The zero-order chi connectivity index (χ0) is 23.0. The molecule has 0 bridgehead atoms. The van der Waals surface area contributed by atoms with Crippen molar-refractivity contribution in [2.24, 2.45) is 9.98 Å². The molecule has 2 unspecified atom stereocenters. The summed E-state index contributed by atoms with van der Waals surface area (Å²) in [7, 11) is 0. The summed E-state index contributed by atoms with van der Waals surface area (Å²) in [5.41, 5.74) is 2.30. The molecular formula is C29H22N4O. The summed E-state index contributed by atoms with van der Waals surface area (Å²) in [6, 6.07) is 35.0. The summed E-state index contributed by atoms with van der Waals surface area (Å²) >= 11 is 0. The van der Waals surface area contributed by atoms with Crippen LogP contribution in [0.25, 0.3) is 0 Å². The molecule has 2 aliphatic heterocycles. The summed E-state index contributed by atoms with van der Waals surface area (Å²) in [4.78, 5) is 24.6. The van der Waals surface area contributed by atoms with Crippen LogP contribution in [0.15, 0.2) is 119 Å². The van der Waals surface area contributed by atoms with Gasteiger partial charge in [-0.2, -0.15) is 0 Å². The number of nitrogens with zero attached hydrogens (tertiary/aromatic N) is 2. The van der Waals surface area contributed by atoms with Crippen molar-refractivity contribution in [1.29, 1.82) is 0 Å². The van der Waals surface area contributed by atoms with Gasteiger partial charge in [-0.1, -0.05) is 97.1 Å². The molecule has 0 aromatic heterocycles. The van der Waals surface area contributed by atoms with E-state index in [1.807, 2.05) is 109 Å². The van der Waals surface area contributed by atoms with Crippen LogP contribution >= 0.6 is 0 Å². The summed E-state index contributed by atoms with van der Waals surface area (Å²) in [5.74, 6) is -0.214. The van der Waals surface area contributed by atoms with E-state index in [4.69, 9.17) is 9.98 Å². The number of hydrogen-bond donors (Lipinski definition) is 2. The lowest BCUT2D eigenvalue weighted by Gasteiger charge is -2.42. The Morgan fingerprint density at radius 1 is 0.529 bits per heavy atom. The molecule has 34 heavy (non-hydrogen) atoms. The number of ketones is 1. The molecule has 2 N–H and O–H groups in total. The van der Waals surface area contributed by atoms with E-state index in [2.05, 4.69) is 10.6 Å². The summed E-state index contributed by atoms with van der Waals surface area (Å²) in [5, 5.41) is 6.96. The Balaban J connectivity index is 1.58. The van der Waals surface area contributed by atoms with Gasteiger partial charge in [-0.3, -0.25) is 14.8 Å². The molecule has 0 radical (unpaired) electrons. The first-order chi connectivity index (χ1) is 16.7. The maximum atomic E-state index is 14.9. The van der Waals surface area contributed by atoms with Crippen LogP contribution in [0, 0.1) is 0 Å². The molecule has 0 spiro atoms. The Hall–Kier alpha value is -4.51. The highest BCUT2D eigenvalue weighted by atomic mass is 16.1. The molecule has 6 rings (SSSR count). The van der Waals surface area contributed by atoms with Crippen LogP contribution in [0.3, 0.4) is 0 Å². The van der Waals surface area contributed by atoms with Crippen LogP contribution in [-0.2, 0) is 16.1 Å². The Morgan fingerprint density at radius 3 is 1.35 bits per heavy atom. The number of carbonyl (C=O) groups is 1. The van der Waals surface area contributed by atoms with Crippen molar-refractivity contribution in [1.82, 2.24) is 0 Å². The predicted molar refractivity (Wildman–Crippen MR) is 137 cm³/mol. The SMILES string of the molecule is O=C(C1(c2ccccc2)N=Cc2ccccc2N1)C1(c2ccccc2)N=Cc2ccccc2N1. The number of hydrogen-bond acceptors (Lipinski definition) is 5. The Morgan fingerprint density at radius 2 is 0.912 bits per heavy atom. The quantitative estimate of drug-likeness (QED) is 0.448. The second-order valence-corrected chi connectivity index (χ2v) is 8.42. The lowest BCUT2D eigenvalue weighted by atomic mass is 9.81. The molecule has 0 aliphatic carbocycles. The van der Waals surface area contributed by atoms with Crippen molar-refractivity contribution in [3.63, 3.8) is 0 Å². The van der Waals surface area contributed by atoms with Crippen LogP contribution in [0.2, 0.25) is 0 Å². The average molecular weight is 443 g/mol. The van der Waals surface area contributed by atoms with Crippen LogP contribution < -0.4 is 10.6 Å². The second kappa shape index (κ2) is 7.81. The number of rotatable bonds is 4. The molecule has 0 saturated heterocycles. The van der Waals surface area contributed by atoms with Crippen molar-refractivity contribution in [2.75, 3.05) is 10.6 Å². The summed E-state index contributed by atoms with van der Waals surface area (Å²) in [6.07, 6.45) is 3.55. The van der Waals surface area contributed by atoms with Crippen molar-refractivity contribution in [3.8, 4) is 0 Å². The first kappa shape index (κ1) is 20.1. The van der Waals surface area contributed by atoms with Gasteiger partial charge < -0.3 is 10.6 Å². The third-order valence-electron chi connectivity index (χ3n) is 6.39. The molecule has 4 aromatic carbocycles. The Labute approximate surface area is 197 Å². The maximum absolute atomic E-state index is 14.9. The third-order valence-corrected chi connectivity index (χ3v) is 6.39. The molecule has 2 atom stereocenters. The smallest absolute Gasteiger partial charge is 0.237 e. The van der Waals surface area contributed by atoms with E-state index in [0.29, 0.717) is 0 Å². The van der Waals surface area contributed by atoms with Crippen molar-refractivity contribution < 1.29 is 4.79 Å². The summed E-state index contributed by atoms with van der Waals surface area (Å²) in [6.45, 7) is 0. The van der Waals surface area contributed by atoms with Gasteiger partial charge in [0.1, 0.15) is 0 Å². The van der Waals surface area contributed by atoms with Crippen LogP contribution in [0.5, 0.6) is 0 Å². The second-order valence-electron chi connectivity index (χ2n) is 8.42. The first-order valence-electron chi connectivity index (χ1n) is 11.2. The minimum Gasteiger partial charge on any atom is -0.351 e. The van der Waals surface area contributed by atoms with Gasteiger partial charge >= 0.3 is 0 Å². The van der Waals surface area contributed by atoms with Crippen molar-refractivity contribution in [2.45, 2.75) is 11.3 Å². The number of aliphatic imine (C=N–C) groups is 2. The number of carbonyl (C=O) groups excluding carboxylic acids is 1. The minimum atomic E-state index is -1.37. The molecule has 0 fully saturated rings. The Kier molecular flexibility index (Phi) is 4.62. The zero-order valence-electron chi connectivity index (χ0n) is 18.3. The van der Waals surface area contributed by atoms with Crippen LogP contribution in [-0.4, -0.2) is 18.2 Å². The van der Waals surface area contributed by atoms with Crippen LogP contribution in [0.4, 0.5) is 11.4 Å². The van der Waals surface area contributed by atoms with Crippen molar-refractivity contribution in [3.05, 3.63) is 131 Å². The highest BCUT2D eigenvalue weighted by molar-refractivity contribution is 6.08. The summed E-state index contributed by atoms with van der Waals surface area (Å²) < 4.78 is 0. The van der Waals surface area contributed by atoms with Gasteiger partial charge in [0.05, 0.1) is 0 Å². The van der Waals surface area contributed by atoms with Gasteiger partial charge in [-0.05, 0) is 12.1 Å². The predicted octanol–water partition coefficient (Wildman–Crippen LogP) is 5.35. The molecular weight excluding hydrogens is 420 g/mol. The van der Waals surface area contributed by atoms with E-state index in [-0.39, 0.29) is 5.78 Å². The maximum Gasteiger partial charge on any atom is 0.237 e. The van der Waals surface area contributed by atoms with Gasteiger partial charge in [-0.25, -0.2) is 0 Å². The fraction of sp³-hybridized carbons (Fsp3) is 0.0690. The number of anilines is 2. The normalized spacial score (nSPS) is 22.1. The monoisotopic (exact) mass is 442 g/mol. The molecule has 4 aromatic rings. The standard InChI is InChI=1S/C29H22N4O/c34-27(28(23-13-3-1-4-14-23)30-19-21-11-7-9-17-25(21)32-28)29(24-15-5-2-6-16-24)31-20-22-12-8-10-18-26(22)33-29/h1-20,32-33H. The van der Waals surface area contributed by atoms with Crippen LogP contribution in [0.1, 0.15) is 22.3 Å². The number of Topliss-reactive ketones (excluding diaryl/α,β-unsaturated/α-hetero) is 1. The van der Waals surface area contributed by atoms with E-state index < -0.39 is 11.3 Å². The minimum absolute atomic E-state index is 0.214. The van der Waals surface area contributed by atoms with E-state index in [0.717, 1.165) is 33.6 Å². The molecule has 0 amide bonds. The molecule has 0 saturated carbocycles. The van der Waals surface area contributed by atoms with Gasteiger partial charge in [0.2, 0.25) is 17.1 Å². The molecule has 2 aliphatic rings. The van der Waals surface area contributed by atoms with Gasteiger partial charge in [0, 0.05) is 46.1 Å². The highest BCUT2D eigenvalue weighted by Gasteiger charge is 2.54. The lowest BCUT2D eigenvalue weighted by Crippen LogP contribution is -2.56. The van der Waals surface area contributed by atoms with Crippen molar-refractivity contribution >= 4 is 29.6 Å². The molecule has 5 nitrogen and oxygen atoms in total. The Bertz CT molecular complexity index is 1320. The molecule has 164 valence electrons. The molecule has 5 heteroatoms. The number of fused-ring (bicyclic) bond motifs is 2. The largest absolute Gasteiger partial charge is 0.351 e. The third kappa shape index (κ3) is 3.05. The topological polar surface area (TPSA) is 65.8 Å². The number of nitrogens with one attached hydrogen (secondary N) is 2. The van der Waals surface area contributed by atoms with Gasteiger partial charge in [-0.15, -0.1) is 0 Å². The highest BCUT2D eigenvalue weighted by Crippen LogP contribution is 2.43. The average Bonchev–Trinajstić information content (AvgIpc) is 2.93. The zero-order valence-corrected chi connectivity index (χ0v) is 18.3. The fourth-order valence-corrected chi connectivity index (χ4v) is 4.64. The first-order valence-corrected chi connectivity index (χ1v) is 11.2. The number of para-hydroxylation sites is 2. The number of benzene rings is 4.